The molecule has 28 heavy (non-hydrogen) atoms. The van der Waals surface area contributed by atoms with Gasteiger partial charge in [0.25, 0.3) is 0 Å². The second-order valence-corrected chi connectivity index (χ2v) is 6.88. The molecule has 0 aliphatic carbocycles. The van der Waals surface area contributed by atoms with Crippen molar-refractivity contribution in [1.82, 2.24) is 5.32 Å². The molecule has 2 aromatic rings. The van der Waals surface area contributed by atoms with Gasteiger partial charge in [-0.25, -0.2) is 0 Å². The third-order valence-corrected chi connectivity index (χ3v) is 4.72. The minimum atomic E-state index is -1.04. The molecule has 2 N–H and O–H groups in total. The molecule has 1 aliphatic rings. The molecule has 1 unspecified atom stereocenters. The quantitative estimate of drug-likeness (QED) is 0.547. The molecule has 0 aromatic heterocycles. The van der Waals surface area contributed by atoms with Gasteiger partial charge in [-0.05, 0) is 42.0 Å². The molecule has 1 heterocycles. The lowest BCUT2D eigenvalue weighted by molar-refractivity contribution is -0.138. The summed E-state index contributed by atoms with van der Waals surface area (Å²) < 4.78 is 10.9. The van der Waals surface area contributed by atoms with Gasteiger partial charge in [0.05, 0.1) is 19.7 Å². The zero-order chi connectivity index (χ0) is 19.9. The van der Waals surface area contributed by atoms with Crippen LogP contribution in [0.4, 0.5) is 0 Å². The van der Waals surface area contributed by atoms with Gasteiger partial charge >= 0.3 is 5.97 Å². The van der Waals surface area contributed by atoms with Crippen LogP contribution in [0.2, 0.25) is 0 Å². The van der Waals surface area contributed by atoms with Gasteiger partial charge in [0, 0.05) is 0 Å². The highest BCUT2D eigenvalue weighted by atomic mass is 32.2. The molecule has 2 aromatic carbocycles. The lowest BCUT2D eigenvalue weighted by atomic mass is 10.2. The van der Waals surface area contributed by atoms with E-state index in [2.05, 4.69) is 15.5 Å². The molecule has 9 heteroatoms. The SMILES string of the molecule is COc1ccc(Oc2cccc(C=NN=C3NC(=O)C(CC(=O)O)S3)c2)cc1. The zero-order valence-electron chi connectivity index (χ0n) is 14.9. The number of ether oxygens (including phenoxy) is 2. The maximum Gasteiger partial charge on any atom is 0.305 e. The average molecular weight is 399 g/mol. The van der Waals surface area contributed by atoms with Crippen LogP contribution in [0.15, 0.2) is 58.7 Å². The molecule has 1 fully saturated rings. The molecule has 0 spiro atoms. The third kappa shape index (κ3) is 5.34. The Morgan fingerprint density at radius 1 is 1.21 bits per heavy atom. The highest BCUT2D eigenvalue weighted by Gasteiger charge is 2.32. The lowest BCUT2D eigenvalue weighted by Crippen LogP contribution is -2.26. The molecule has 1 aliphatic heterocycles. The number of carboxylic acid groups (broad SMARTS) is 1. The summed E-state index contributed by atoms with van der Waals surface area (Å²) in [5.74, 6) is 0.633. The maximum absolute atomic E-state index is 11.7. The van der Waals surface area contributed by atoms with Crippen LogP contribution < -0.4 is 14.8 Å². The number of nitrogens with one attached hydrogen (secondary N) is 1. The number of benzene rings is 2. The van der Waals surface area contributed by atoms with Crippen molar-refractivity contribution in [2.24, 2.45) is 10.2 Å². The summed E-state index contributed by atoms with van der Waals surface area (Å²) >= 11 is 1.05. The van der Waals surface area contributed by atoms with Gasteiger partial charge in [-0.2, -0.15) is 5.10 Å². The Hall–Kier alpha value is -3.33. The second-order valence-electron chi connectivity index (χ2n) is 5.69. The number of amides is 1. The summed E-state index contributed by atoms with van der Waals surface area (Å²) in [5.41, 5.74) is 0.756. The fraction of sp³-hybridized carbons (Fsp3) is 0.158. The van der Waals surface area contributed by atoms with E-state index in [9.17, 15) is 9.59 Å². The van der Waals surface area contributed by atoms with Crippen LogP contribution in [-0.2, 0) is 9.59 Å². The minimum absolute atomic E-state index is 0.260. The van der Waals surface area contributed by atoms with Crippen LogP contribution >= 0.6 is 11.8 Å². The molecular weight excluding hydrogens is 382 g/mol. The van der Waals surface area contributed by atoms with Gasteiger partial charge in [-0.15, -0.1) is 5.10 Å². The summed E-state index contributed by atoms with van der Waals surface area (Å²) in [6.45, 7) is 0. The van der Waals surface area contributed by atoms with Gasteiger partial charge in [0.1, 0.15) is 22.5 Å². The molecule has 0 saturated carbocycles. The topological polar surface area (TPSA) is 110 Å². The van der Waals surface area contributed by atoms with Crippen LogP contribution in [0.3, 0.4) is 0 Å². The molecule has 1 amide bonds. The van der Waals surface area contributed by atoms with Crippen molar-refractivity contribution in [2.75, 3.05) is 7.11 Å². The normalized spacial score (nSPS) is 17.7. The fourth-order valence-corrected chi connectivity index (χ4v) is 3.25. The number of hydrogen-bond acceptors (Lipinski definition) is 7. The zero-order valence-corrected chi connectivity index (χ0v) is 15.7. The van der Waals surface area contributed by atoms with Crippen LogP contribution in [0.25, 0.3) is 0 Å². The predicted molar refractivity (Wildman–Crippen MR) is 106 cm³/mol. The molecule has 1 atom stereocenters. The first-order chi connectivity index (χ1) is 13.5. The fourth-order valence-electron chi connectivity index (χ4n) is 2.33. The van der Waals surface area contributed by atoms with Crippen LogP contribution in [0, 0.1) is 0 Å². The number of carboxylic acids is 1. The summed E-state index contributed by atoms with van der Waals surface area (Å²) in [6, 6.07) is 14.5. The monoisotopic (exact) mass is 399 g/mol. The lowest BCUT2D eigenvalue weighted by Gasteiger charge is -2.07. The standard InChI is InChI=1S/C19H17N3O5S/c1-26-13-5-7-14(8-6-13)27-15-4-2-3-12(9-15)11-20-22-19-21-18(25)16(28-19)10-17(23)24/h2-9,11,16H,10H2,1H3,(H,23,24)(H,21,22,25). The number of nitrogens with zero attached hydrogens (tertiary/aromatic N) is 2. The first-order valence-electron chi connectivity index (χ1n) is 8.26. The number of rotatable bonds is 7. The number of methoxy groups -OCH3 is 1. The maximum atomic E-state index is 11.7. The Morgan fingerprint density at radius 2 is 1.96 bits per heavy atom. The van der Waals surface area contributed by atoms with E-state index in [1.54, 1.807) is 25.3 Å². The van der Waals surface area contributed by atoms with Crippen LogP contribution in [0.1, 0.15) is 12.0 Å². The number of thioether (sulfide) groups is 1. The average Bonchev–Trinajstić information content (AvgIpc) is 3.01. The molecule has 0 radical (unpaired) electrons. The van der Waals surface area contributed by atoms with E-state index in [-0.39, 0.29) is 17.5 Å². The number of carbonyl (C=O) groups is 2. The van der Waals surface area contributed by atoms with Gasteiger partial charge in [-0.3, -0.25) is 9.59 Å². The van der Waals surface area contributed by atoms with Crippen LogP contribution in [0.5, 0.6) is 17.2 Å². The molecule has 1 saturated heterocycles. The van der Waals surface area contributed by atoms with Crippen molar-refractivity contribution in [1.29, 1.82) is 0 Å². The largest absolute Gasteiger partial charge is 0.497 e. The van der Waals surface area contributed by atoms with E-state index < -0.39 is 11.2 Å². The summed E-state index contributed by atoms with van der Waals surface area (Å²) in [5, 5.41) is 18.8. The highest BCUT2D eigenvalue weighted by Crippen LogP contribution is 2.24. The summed E-state index contributed by atoms with van der Waals surface area (Å²) in [7, 11) is 1.60. The van der Waals surface area contributed by atoms with E-state index in [1.807, 2.05) is 30.3 Å². The van der Waals surface area contributed by atoms with Crippen molar-refractivity contribution in [2.45, 2.75) is 11.7 Å². The van der Waals surface area contributed by atoms with Crippen molar-refractivity contribution in [3.8, 4) is 17.2 Å². The van der Waals surface area contributed by atoms with E-state index >= 15 is 0 Å². The Bertz CT molecular complexity index is 927. The van der Waals surface area contributed by atoms with Gasteiger partial charge < -0.3 is 19.9 Å². The third-order valence-electron chi connectivity index (χ3n) is 3.65. The first kappa shape index (κ1) is 19.4. The molecule has 3 rings (SSSR count). The summed E-state index contributed by atoms with van der Waals surface area (Å²) in [6.07, 6.45) is 1.26. The van der Waals surface area contributed by atoms with E-state index in [0.717, 1.165) is 23.1 Å². The number of carbonyl (C=O) groups excluding carboxylic acids is 1. The Labute approximate surface area is 165 Å². The Balaban J connectivity index is 1.62. The predicted octanol–water partition coefficient (Wildman–Crippen LogP) is 2.88. The number of amidine groups is 1. The van der Waals surface area contributed by atoms with Crippen LogP contribution in [-0.4, -0.2) is 40.7 Å². The van der Waals surface area contributed by atoms with Crippen molar-refractivity contribution in [3.63, 3.8) is 0 Å². The minimum Gasteiger partial charge on any atom is -0.497 e. The second kappa shape index (κ2) is 9.05. The van der Waals surface area contributed by atoms with Gasteiger partial charge in [0.15, 0.2) is 5.17 Å². The van der Waals surface area contributed by atoms with Gasteiger partial charge in [-0.1, -0.05) is 23.9 Å². The number of hydrogen-bond donors (Lipinski definition) is 2. The number of aliphatic carboxylic acids is 1. The van der Waals surface area contributed by atoms with Crippen molar-refractivity contribution >= 4 is 35.0 Å². The molecule has 8 nitrogen and oxygen atoms in total. The highest BCUT2D eigenvalue weighted by molar-refractivity contribution is 8.15. The molecule has 144 valence electrons. The van der Waals surface area contributed by atoms with E-state index in [1.165, 1.54) is 6.21 Å². The molecule has 0 bridgehead atoms. The van der Waals surface area contributed by atoms with Gasteiger partial charge in [0.2, 0.25) is 5.91 Å². The first-order valence-corrected chi connectivity index (χ1v) is 9.14. The van der Waals surface area contributed by atoms with Crippen molar-refractivity contribution < 1.29 is 24.2 Å². The summed E-state index contributed by atoms with van der Waals surface area (Å²) in [4.78, 5) is 22.4. The van der Waals surface area contributed by atoms with E-state index in [4.69, 9.17) is 14.6 Å². The van der Waals surface area contributed by atoms with Crippen molar-refractivity contribution in [3.05, 3.63) is 54.1 Å². The Morgan fingerprint density at radius 3 is 2.68 bits per heavy atom. The smallest absolute Gasteiger partial charge is 0.305 e. The van der Waals surface area contributed by atoms with E-state index in [0.29, 0.717) is 11.5 Å². The Kier molecular flexibility index (Phi) is 6.28. The molecular formula is C19H17N3O5S.